The molecule has 0 aliphatic rings. The van der Waals surface area contributed by atoms with Gasteiger partial charge in [0.25, 0.3) is 5.56 Å². The first-order valence-electron chi connectivity index (χ1n) is 7.88. The first-order valence-corrected chi connectivity index (χ1v) is 9.10. The Morgan fingerprint density at radius 2 is 2.12 bits per heavy atom. The maximum atomic E-state index is 11.9. The molecule has 0 aromatic carbocycles. The molecule has 0 bridgehead atoms. The van der Waals surface area contributed by atoms with Crippen molar-refractivity contribution in [3.05, 3.63) is 46.0 Å². The molecular formula is C16H20N6OS. The van der Waals surface area contributed by atoms with Crippen LogP contribution in [0.3, 0.4) is 0 Å². The number of aryl methyl sites for hydroxylation is 2. The summed E-state index contributed by atoms with van der Waals surface area (Å²) in [5, 5.41) is 8.34. The molecule has 0 amide bonds. The van der Waals surface area contributed by atoms with E-state index in [1.165, 1.54) is 11.8 Å². The molecule has 0 saturated heterocycles. The fraction of sp³-hybridized carbons (Fsp3) is 0.375. The minimum absolute atomic E-state index is 0.00166. The minimum Gasteiger partial charge on any atom is -0.350 e. The van der Waals surface area contributed by atoms with Gasteiger partial charge >= 0.3 is 0 Å². The highest BCUT2D eigenvalue weighted by atomic mass is 32.2. The van der Waals surface area contributed by atoms with E-state index in [0.29, 0.717) is 24.2 Å². The summed E-state index contributed by atoms with van der Waals surface area (Å²) in [5.74, 6) is 0.628. The predicted octanol–water partition coefficient (Wildman–Crippen LogP) is 2.20. The second-order valence-corrected chi connectivity index (χ2v) is 6.08. The Hall–Kier alpha value is -2.35. The predicted molar refractivity (Wildman–Crippen MR) is 95.6 cm³/mol. The molecule has 3 rings (SSSR count). The van der Waals surface area contributed by atoms with Gasteiger partial charge in [0.15, 0.2) is 10.8 Å². The van der Waals surface area contributed by atoms with Gasteiger partial charge in [-0.15, -0.1) is 0 Å². The Morgan fingerprint density at radius 3 is 2.79 bits per heavy atom. The molecule has 3 aromatic rings. The van der Waals surface area contributed by atoms with Gasteiger partial charge in [-0.25, -0.2) is 4.98 Å². The van der Waals surface area contributed by atoms with Crippen LogP contribution in [-0.4, -0.2) is 30.4 Å². The highest BCUT2D eigenvalue weighted by molar-refractivity contribution is 7.98. The van der Waals surface area contributed by atoms with Gasteiger partial charge in [0.2, 0.25) is 5.95 Å². The average Bonchev–Trinajstić information content (AvgIpc) is 3.02. The molecule has 0 spiro atoms. The number of nitrogens with one attached hydrogen (secondary N) is 1. The van der Waals surface area contributed by atoms with Crippen molar-refractivity contribution >= 4 is 23.4 Å². The van der Waals surface area contributed by atoms with Gasteiger partial charge in [0.1, 0.15) is 0 Å². The fourth-order valence-electron chi connectivity index (χ4n) is 2.46. The Kier molecular flexibility index (Phi) is 4.84. The lowest BCUT2D eigenvalue weighted by Gasteiger charge is -2.09. The zero-order valence-electron chi connectivity index (χ0n) is 14.0. The summed E-state index contributed by atoms with van der Waals surface area (Å²) in [4.78, 5) is 21.0. The number of fused-ring (bicyclic) bond motifs is 1. The second kappa shape index (κ2) is 7.04. The Balaban J connectivity index is 1.90. The highest BCUT2D eigenvalue weighted by Gasteiger charge is 2.11. The van der Waals surface area contributed by atoms with Crippen LogP contribution >= 0.6 is 11.8 Å². The number of hydrogen-bond acceptors (Lipinski definition) is 6. The average molecular weight is 344 g/mol. The number of nitrogens with zero attached hydrogens (tertiary/aromatic N) is 5. The number of hydrogen-bond donors (Lipinski definition) is 1. The smallest absolute Gasteiger partial charge is 0.250 e. The molecule has 0 fully saturated rings. The van der Waals surface area contributed by atoms with Gasteiger partial charge < -0.3 is 9.88 Å². The third kappa shape index (κ3) is 3.14. The van der Waals surface area contributed by atoms with Crippen molar-refractivity contribution in [3.63, 3.8) is 0 Å². The largest absolute Gasteiger partial charge is 0.350 e. The maximum Gasteiger partial charge on any atom is 0.250 e. The summed E-state index contributed by atoms with van der Waals surface area (Å²) >= 11 is 1.49. The lowest BCUT2D eigenvalue weighted by molar-refractivity contribution is 0.723. The van der Waals surface area contributed by atoms with Crippen LogP contribution in [0.25, 0.3) is 5.65 Å². The first-order chi connectivity index (χ1) is 11.7. The highest BCUT2D eigenvalue weighted by Crippen LogP contribution is 2.18. The van der Waals surface area contributed by atoms with Crippen LogP contribution in [0.4, 0.5) is 5.95 Å². The van der Waals surface area contributed by atoms with Crippen molar-refractivity contribution in [1.29, 1.82) is 0 Å². The second-order valence-electron chi connectivity index (χ2n) is 5.31. The molecule has 0 aliphatic heterocycles. The first kappa shape index (κ1) is 16.5. The zero-order valence-corrected chi connectivity index (χ0v) is 14.8. The molecule has 0 unspecified atom stereocenters. The van der Waals surface area contributed by atoms with E-state index in [1.54, 1.807) is 15.1 Å². The monoisotopic (exact) mass is 344 g/mol. The summed E-state index contributed by atoms with van der Waals surface area (Å²) in [6.45, 7) is 5.20. The summed E-state index contributed by atoms with van der Waals surface area (Å²) in [5.41, 5.74) is 2.81. The number of thioether (sulfide) groups is 1. The van der Waals surface area contributed by atoms with E-state index in [4.69, 9.17) is 0 Å². The topological polar surface area (TPSA) is 77.1 Å². The minimum atomic E-state index is 0.00166. The molecular weight excluding hydrogens is 324 g/mol. The van der Waals surface area contributed by atoms with Gasteiger partial charge in [0.05, 0.1) is 6.20 Å². The summed E-state index contributed by atoms with van der Waals surface area (Å²) in [7, 11) is 0. The standard InChI is InChI=1S/C16H20N6OS/c1-4-12-10-18-22-14(12)19-16(24-3)20-15(22)17-9-11-6-7-21(5-2)13(23)8-11/h6-8,10H,4-5,9H2,1-3H3,(H,17,19,20). The lowest BCUT2D eigenvalue weighted by atomic mass is 10.2. The molecule has 3 aromatic heterocycles. The van der Waals surface area contributed by atoms with Crippen LogP contribution in [-0.2, 0) is 19.5 Å². The molecule has 1 N–H and O–H groups in total. The number of aromatic nitrogens is 5. The molecule has 126 valence electrons. The van der Waals surface area contributed by atoms with E-state index in [0.717, 1.165) is 23.2 Å². The van der Waals surface area contributed by atoms with E-state index in [1.807, 2.05) is 31.6 Å². The van der Waals surface area contributed by atoms with E-state index in [-0.39, 0.29) is 5.56 Å². The Labute approximate surface area is 144 Å². The normalized spacial score (nSPS) is 11.1. The van der Waals surface area contributed by atoms with Crippen molar-refractivity contribution in [1.82, 2.24) is 24.1 Å². The van der Waals surface area contributed by atoms with E-state index in [2.05, 4.69) is 27.3 Å². The van der Waals surface area contributed by atoms with E-state index >= 15 is 0 Å². The van der Waals surface area contributed by atoms with Gasteiger partial charge in [-0.3, -0.25) is 4.79 Å². The lowest BCUT2D eigenvalue weighted by Crippen LogP contribution is -2.19. The van der Waals surface area contributed by atoms with Crippen LogP contribution in [0, 0.1) is 0 Å². The molecule has 0 radical (unpaired) electrons. The van der Waals surface area contributed by atoms with Crippen LogP contribution in [0.5, 0.6) is 0 Å². The molecule has 3 heterocycles. The number of pyridine rings is 1. The van der Waals surface area contributed by atoms with Crippen LogP contribution < -0.4 is 10.9 Å². The third-order valence-corrected chi connectivity index (χ3v) is 4.38. The molecule has 0 atom stereocenters. The van der Waals surface area contributed by atoms with Gasteiger partial charge in [0, 0.05) is 30.9 Å². The molecule has 0 aliphatic carbocycles. The van der Waals surface area contributed by atoms with E-state index in [9.17, 15) is 4.79 Å². The van der Waals surface area contributed by atoms with Crippen molar-refractivity contribution in [2.45, 2.75) is 38.5 Å². The SMILES string of the molecule is CCc1cnn2c(NCc3ccn(CC)c(=O)c3)nc(SC)nc12. The zero-order chi connectivity index (χ0) is 17.1. The van der Waals surface area contributed by atoms with Gasteiger partial charge in [-0.05, 0) is 31.2 Å². The Morgan fingerprint density at radius 1 is 1.29 bits per heavy atom. The van der Waals surface area contributed by atoms with Gasteiger partial charge in [-0.2, -0.15) is 14.6 Å². The maximum absolute atomic E-state index is 11.9. The fourth-order valence-corrected chi connectivity index (χ4v) is 2.82. The van der Waals surface area contributed by atoms with Crippen molar-refractivity contribution < 1.29 is 0 Å². The third-order valence-electron chi connectivity index (χ3n) is 3.84. The van der Waals surface area contributed by atoms with Crippen molar-refractivity contribution in [3.8, 4) is 0 Å². The molecule has 0 saturated carbocycles. The summed E-state index contributed by atoms with van der Waals surface area (Å²) < 4.78 is 3.38. The van der Waals surface area contributed by atoms with Gasteiger partial charge in [-0.1, -0.05) is 18.7 Å². The summed E-state index contributed by atoms with van der Waals surface area (Å²) in [6.07, 6.45) is 6.44. The molecule has 7 nitrogen and oxygen atoms in total. The molecule has 24 heavy (non-hydrogen) atoms. The van der Waals surface area contributed by atoms with Crippen LogP contribution in [0.1, 0.15) is 25.0 Å². The number of anilines is 1. The van der Waals surface area contributed by atoms with Crippen molar-refractivity contribution in [2.24, 2.45) is 0 Å². The van der Waals surface area contributed by atoms with Crippen LogP contribution in [0.15, 0.2) is 34.5 Å². The number of rotatable bonds is 6. The summed E-state index contributed by atoms with van der Waals surface area (Å²) in [6, 6.07) is 3.58. The van der Waals surface area contributed by atoms with Crippen molar-refractivity contribution in [2.75, 3.05) is 11.6 Å². The quantitative estimate of drug-likeness (QED) is 0.691. The Bertz CT molecular complexity index is 917. The van der Waals surface area contributed by atoms with E-state index < -0.39 is 0 Å². The van der Waals surface area contributed by atoms with Crippen LogP contribution in [0.2, 0.25) is 0 Å². The molecule has 8 heteroatoms.